The number of carbonyl (C=O) groups is 1. The van der Waals surface area contributed by atoms with Gasteiger partial charge in [0.05, 0.1) is 6.10 Å². The van der Waals surface area contributed by atoms with E-state index in [0.717, 1.165) is 31.3 Å². The van der Waals surface area contributed by atoms with E-state index in [1.165, 1.54) is 11.8 Å². The smallest absolute Gasteiger partial charge is 0.176 e. The lowest BCUT2D eigenvalue weighted by Gasteiger charge is -2.22. The highest BCUT2D eigenvalue weighted by Crippen LogP contribution is 2.26. The Hall–Kier alpha value is -0.0200. The van der Waals surface area contributed by atoms with Gasteiger partial charge in [0.25, 0.3) is 0 Å². The van der Waals surface area contributed by atoms with Gasteiger partial charge in [-0.3, -0.25) is 4.79 Å². The quantitative estimate of drug-likeness (QED) is 0.617. The van der Waals surface area contributed by atoms with Crippen LogP contribution in [0, 0.1) is 0 Å². The van der Waals surface area contributed by atoms with Gasteiger partial charge >= 0.3 is 0 Å². The number of hydrogen-bond acceptors (Lipinski definition) is 3. The van der Waals surface area contributed by atoms with Crippen LogP contribution in [0.3, 0.4) is 0 Å². The molecular weight excluding hydrogens is 148 g/mol. The first kappa shape index (κ1) is 8.08. The third-order valence-corrected chi connectivity index (χ3v) is 2.86. The summed E-state index contributed by atoms with van der Waals surface area (Å²) in [4.78, 5) is 10.1. The van der Waals surface area contributed by atoms with Gasteiger partial charge in [-0.05, 0) is 25.7 Å². The minimum atomic E-state index is -0.108. The molecule has 0 spiro atoms. The van der Waals surface area contributed by atoms with Gasteiger partial charge in [0.15, 0.2) is 5.62 Å². The van der Waals surface area contributed by atoms with E-state index in [2.05, 4.69) is 0 Å². The van der Waals surface area contributed by atoms with Crippen LogP contribution in [-0.2, 0) is 4.79 Å². The number of carbonyl (C=O) groups excluding carboxylic acids is 1. The Balaban J connectivity index is 2.19. The molecule has 58 valence electrons. The van der Waals surface area contributed by atoms with E-state index >= 15 is 0 Å². The number of hydrogen-bond donors (Lipinski definition) is 1. The maximum absolute atomic E-state index is 10.1. The van der Waals surface area contributed by atoms with Crippen molar-refractivity contribution in [3.8, 4) is 0 Å². The minimum absolute atomic E-state index is 0.108. The van der Waals surface area contributed by atoms with E-state index in [1.807, 2.05) is 0 Å². The van der Waals surface area contributed by atoms with Gasteiger partial charge < -0.3 is 5.11 Å². The topological polar surface area (TPSA) is 37.3 Å². The Morgan fingerprint density at radius 2 is 1.90 bits per heavy atom. The summed E-state index contributed by atoms with van der Waals surface area (Å²) in [6, 6.07) is 0. The van der Waals surface area contributed by atoms with Gasteiger partial charge in [0, 0.05) is 5.25 Å². The molecule has 0 radical (unpaired) electrons. The van der Waals surface area contributed by atoms with Gasteiger partial charge in [0.2, 0.25) is 0 Å². The second-order valence-electron chi connectivity index (χ2n) is 2.66. The molecule has 2 nitrogen and oxygen atoms in total. The number of aliphatic hydroxyl groups excluding tert-OH is 1. The number of rotatable bonds is 2. The van der Waals surface area contributed by atoms with Crippen LogP contribution in [0.4, 0.5) is 0 Å². The molecule has 0 saturated heterocycles. The van der Waals surface area contributed by atoms with E-state index in [0.29, 0.717) is 5.25 Å². The molecule has 1 aliphatic carbocycles. The lowest BCUT2D eigenvalue weighted by atomic mass is 9.97. The predicted octanol–water partition coefficient (Wildman–Crippen LogP) is 1.21. The van der Waals surface area contributed by atoms with Crippen molar-refractivity contribution in [2.45, 2.75) is 37.0 Å². The molecule has 10 heavy (non-hydrogen) atoms. The normalized spacial score (nSPS) is 33.7. The molecule has 0 amide bonds. The first-order valence-electron chi connectivity index (χ1n) is 3.60. The zero-order valence-electron chi connectivity index (χ0n) is 5.82. The summed E-state index contributed by atoms with van der Waals surface area (Å²) in [7, 11) is 0. The van der Waals surface area contributed by atoms with E-state index in [1.54, 1.807) is 0 Å². The lowest BCUT2D eigenvalue weighted by Crippen LogP contribution is -2.19. The summed E-state index contributed by atoms with van der Waals surface area (Å²) in [6.45, 7) is 0. The fraction of sp³-hybridized carbons (Fsp3) is 0.857. The van der Waals surface area contributed by atoms with Crippen molar-refractivity contribution in [2.24, 2.45) is 0 Å². The standard InChI is InChI=1S/C7H12O2S/c8-5-10-7-3-1-6(9)2-4-7/h5-7,9H,1-4H2. The summed E-state index contributed by atoms with van der Waals surface area (Å²) in [5.74, 6) is 0. The fourth-order valence-corrected chi connectivity index (χ4v) is 1.96. The molecule has 0 aromatic heterocycles. The first-order valence-corrected chi connectivity index (χ1v) is 4.54. The van der Waals surface area contributed by atoms with Crippen molar-refractivity contribution in [1.29, 1.82) is 0 Å². The molecule has 1 aliphatic rings. The van der Waals surface area contributed by atoms with Crippen molar-refractivity contribution in [2.75, 3.05) is 0 Å². The van der Waals surface area contributed by atoms with E-state index in [9.17, 15) is 4.79 Å². The SMILES string of the molecule is O=CSC1CCC(O)CC1. The Morgan fingerprint density at radius 1 is 1.30 bits per heavy atom. The third-order valence-electron chi connectivity index (χ3n) is 1.89. The molecule has 1 N–H and O–H groups in total. The second kappa shape index (κ2) is 3.98. The molecule has 0 bridgehead atoms. The molecule has 1 fully saturated rings. The highest BCUT2D eigenvalue weighted by Gasteiger charge is 2.18. The predicted molar refractivity (Wildman–Crippen MR) is 42.6 cm³/mol. The van der Waals surface area contributed by atoms with Gasteiger partial charge in [-0.1, -0.05) is 11.8 Å². The highest BCUT2D eigenvalue weighted by molar-refractivity contribution is 8.12. The van der Waals surface area contributed by atoms with Crippen LogP contribution in [-0.4, -0.2) is 22.1 Å². The zero-order valence-corrected chi connectivity index (χ0v) is 6.64. The van der Waals surface area contributed by atoms with Gasteiger partial charge in [-0.2, -0.15) is 0 Å². The van der Waals surface area contributed by atoms with Crippen LogP contribution in [0.15, 0.2) is 0 Å². The molecule has 0 aromatic rings. The maximum atomic E-state index is 10.1. The molecular formula is C7H12O2S. The summed E-state index contributed by atoms with van der Waals surface area (Å²) >= 11 is 1.36. The Labute approximate surface area is 65.0 Å². The van der Waals surface area contributed by atoms with Crippen LogP contribution >= 0.6 is 11.8 Å². The molecule has 0 unspecified atom stereocenters. The monoisotopic (exact) mass is 160 g/mol. The molecule has 0 aromatic carbocycles. The van der Waals surface area contributed by atoms with Crippen molar-refractivity contribution in [3.05, 3.63) is 0 Å². The second-order valence-corrected chi connectivity index (χ2v) is 3.79. The summed E-state index contributed by atoms with van der Waals surface area (Å²) in [5.41, 5.74) is 0.905. The van der Waals surface area contributed by atoms with Gasteiger partial charge in [-0.15, -0.1) is 0 Å². The molecule has 0 heterocycles. The Kier molecular flexibility index (Phi) is 3.22. The van der Waals surface area contributed by atoms with E-state index in [4.69, 9.17) is 5.11 Å². The number of thioether (sulfide) groups is 1. The summed E-state index contributed by atoms with van der Waals surface area (Å²) in [6.07, 6.45) is 3.61. The van der Waals surface area contributed by atoms with Crippen molar-refractivity contribution >= 4 is 17.4 Å². The van der Waals surface area contributed by atoms with Crippen LogP contribution in [0.1, 0.15) is 25.7 Å². The molecule has 0 atom stereocenters. The van der Waals surface area contributed by atoms with Gasteiger partial charge in [-0.25, -0.2) is 0 Å². The van der Waals surface area contributed by atoms with E-state index < -0.39 is 0 Å². The average Bonchev–Trinajstić information content (AvgIpc) is 1.95. The molecule has 1 rings (SSSR count). The van der Waals surface area contributed by atoms with Crippen molar-refractivity contribution in [1.82, 2.24) is 0 Å². The van der Waals surface area contributed by atoms with Gasteiger partial charge in [0.1, 0.15) is 0 Å². The largest absolute Gasteiger partial charge is 0.393 e. The Morgan fingerprint density at radius 3 is 2.40 bits per heavy atom. The lowest BCUT2D eigenvalue weighted by molar-refractivity contribution is 0.132. The molecule has 3 heteroatoms. The summed E-state index contributed by atoms with van der Waals surface area (Å²) < 4.78 is 0. The summed E-state index contributed by atoms with van der Waals surface area (Å²) in [5, 5.41) is 9.57. The van der Waals surface area contributed by atoms with E-state index in [-0.39, 0.29) is 6.10 Å². The average molecular weight is 160 g/mol. The highest BCUT2D eigenvalue weighted by atomic mass is 32.2. The Bertz CT molecular complexity index is 108. The molecule has 0 aliphatic heterocycles. The molecule has 1 saturated carbocycles. The zero-order chi connectivity index (χ0) is 7.40. The third kappa shape index (κ3) is 2.31. The maximum Gasteiger partial charge on any atom is 0.176 e. The van der Waals surface area contributed by atoms with Crippen LogP contribution in [0.5, 0.6) is 0 Å². The van der Waals surface area contributed by atoms with Crippen molar-refractivity contribution < 1.29 is 9.90 Å². The minimum Gasteiger partial charge on any atom is -0.393 e. The van der Waals surface area contributed by atoms with Crippen LogP contribution in [0.25, 0.3) is 0 Å². The fourth-order valence-electron chi connectivity index (χ4n) is 1.26. The van der Waals surface area contributed by atoms with Crippen molar-refractivity contribution in [3.63, 3.8) is 0 Å². The van der Waals surface area contributed by atoms with Crippen LogP contribution < -0.4 is 0 Å². The first-order chi connectivity index (χ1) is 4.83. The van der Waals surface area contributed by atoms with Crippen LogP contribution in [0.2, 0.25) is 0 Å². The number of aliphatic hydroxyl groups is 1.